The molecule has 4 nitrogen and oxygen atoms in total. The summed E-state index contributed by atoms with van der Waals surface area (Å²) in [6.45, 7) is 3.79. The average Bonchev–Trinajstić information content (AvgIpc) is 2.27. The molecule has 1 aromatic carbocycles. The molecular formula is C13H14O4. The van der Waals surface area contributed by atoms with Crippen LogP contribution in [0.25, 0.3) is 6.08 Å². The summed E-state index contributed by atoms with van der Waals surface area (Å²) in [6.07, 6.45) is 2.70. The minimum Gasteiger partial charge on any atom is -0.478 e. The number of carboxylic acid groups (broad SMARTS) is 1. The molecule has 0 heterocycles. The first-order valence-corrected chi connectivity index (χ1v) is 5.24. The van der Waals surface area contributed by atoms with Gasteiger partial charge in [0.05, 0.1) is 12.2 Å². The fourth-order valence-electron chi connectivity index (χ4n) is 1.43. The molecule has 17 heavy (non-hydrogen) atoms. The van der Waals surface area contributed by atoms with E-state index in [9.17, 15) is 9.59 Å². The number of hydrogen-bond donors (Lipinski definition) is 1. The quantitative estimate of drug-likeness (QED) is 0.641. The number of carboxylic acids is 1. The lowest BCUT2D eigenvalue weighted by atomic mass is 10.0. The molecule has 0 saturated carbocycles. The van der Waals surface area contributed by atoms with Crippen molar-refractivity contribution in [1.82, 2.24) is 0 Å². The topological polar surface area (TPSA) is 63.6 Å². The van der Waals surface area contributed by atoms with Crippen molar-refractivity contribution in [2.24, 2.45) is 0 Å². The Morgan fingerprint density at radius 3 is 2.71 bits per heavy atom. The van der Waals surface area contributed by atoms with Crippen molar-refractivity contribution in [3.05, 3.63) is 41.0 Å². The van der Waals surface area contributed by atoms with E-state index >= 15 is 0 Å². The standard InChI is InChI=1S/C13H14O4/c1-3-17-12(14)8-7-10-9(2)5-4-6-11(10)13(15)16/h4-8H,3H2,1-2H3,(H,15,16). The highest BCUT2D eigenvalue weighted by atomic mass is 16.5. The maximum absolute atomic E-state index is 11.2. The molecule has 0 aliphatic rings. The van der Waals surface area contributed by atoms with Crippen molar-refractivity contribution in [2.45, 2.75) is 13.8 Å². The van der Waals surface area contributed by atoms with Crippen LogP contribution in [0, 0.1) is 6.92 Å². The molecule has 1 N–H and O–H groups in total. The Hall–Kier alpha value is -2.10. The van der Waals surface area contributed by atoms with Crippen LogP contribution in [0.4, 0.5) is 0 Å². The zero-order valence-corrected chi connectivity index (χ0v) is 9.77. The third-order valence-corrected chi connectivity index (χ3v) is 2.23. The number of rotatable bonds is 4. The Kier molecular flexibility index (Phi) is 4.46. The Balaban J connectivity index is 3.05. The van der Waals surface area contributed by atoms with E-state index in [-0.39, 0.29) is 5.56 Å². The van der Waals surface area contributed by atoms with Gasteiger partial charge in [-0.2, -0.15) is 0 Å². The van der Waals surface area contributed by atoms with Crippen molar-refractivity contribution >= 4 is 18.0 Å². The van der Waals surface area contributed by atoms with Crippen molar-refractivity contribution in [3.8, 4) is 0 Å². The van der Waals surface area contributed by atoms with Crippen molar-refractivity contribution in [3.63, 3.8) is 0 Å². The van der Waals surface area contributed by atoms with E-state index in [0.29, 0.717) is 12.2 Å². The van der Waals surface area contributed by atoms with Gasteiger partial charge < -0.3 is 9.84 Å². The normalized spacial score (nSPS) is 10.5. The molecule has 1 rings (SSSR count). The fourth-order valence-corrected chi connectivity index (χ4v) is 1.43. The van der Waals surface area contributed by atoms with Gasteiger partial charge in [0.2, 0.25) is 0 Å². The molecule has 1 aromatic rings. The van der Waals surface area contributed by atoms with Gasteiger partial charge in [0, 0.05) is 6.08 Å². The molecule has 90 valence electrons. The van der Waals surface area contributed by atoms with Gasteiger partial charge in [-0.25, -0.2) is 9.59 Å². The third kappa shape index (κ3) is 3.45. The van der Waals surface area contributed by atoms with Crippen LogP contribution < -0.4 is 0 Å². The first-order valence-electron chi connectivity index (χ1n) is 5.24. The van der Waals surface area contributed by atoms with E-state index in [1.807, 2.05) is 0 Å². The maximum atomic E-state index is 11.2. The van der Waals surface area contributed by atoms with Gasteiger partial charge in [0.1, 0.15) is 0 Å². The molecule has 0 fully saturated rings. The Morgan fingerprint density at radius 1 is 1.41 bits per heavy atom. The number of carbonyl (C=O) groups excluding carboxylic acids is 1. The lowest BCUT2D eigenvalue weighted by Gasteiger charge is -2.04. The second-order valence-electron chi connectivity index (χ2n) is 3.43. The van der Waals surface area contributed by atoms with Gasteiger partial charge >= 0.3 is 11.9 Å². The molecule has 0 unspecified atom stereocenters. The van der Waals surface area contributed by atoms with Gasteiger partial charge in [-0.15, -0.1) is 0 Å². The minimum absolute atomic E-state index is 0.172. The van der Waals surface area contributed by atoms with Crippen LogP contribution in [-0.2, 0) is 9.53 Å². The second-order valence-corrected chi connectivity index (χ2v) is 3.43. The van der Waals surface area contributed by atoms with Crippen LogP contribution in [0.5, 0.6) is 0 Å². The van der Waals surface area contributed by atoms with Crippen LogP contribution in [0.1, 0.15) is 28.4 Å². The molecule has 0 bridgehead atoms. The number of aromatic carboxylic acids is 1. The van der Waals surface area contributed by atoms with Crippen molar-refractivity contribution in [2.75, 3.05) is 6.61 Å². The zero-order chi connectivity index (χ0) is 12.8. The summed E-state index contributed by atoms with van der Waals surface area (Å²) in [6, 6.07) is 4.96. The maximum Gasteiger partial charge on any atom is 0.336 e. The summed E-state index contributed by atoms with van der Waals surface area (Å²) >= 11 is 0. The van der Waals surface area contributed by atoms with Gasteiger partial charge in [-0.05, 0) is 37.1 Å². The van der Waals surface area contributed by atoms with Crippen molar-refractivity contribution < 1.29 is 19.4 Å². The number of benzene rings is 1. The fraction of sp³-hybridized carbons (Fsp3) is 0.231. The van der Waals surface area contributed by atoms with Crippen LogP contribution >= 0.6 is 0 Å². The molecule has 0 aromatic heterocycles. The summed E-state index contributed by atoms with van der Waals surface area (Å²) in [7, 11) is 0. The number of esters is 1. The van der Waals surface area contributed by atoms with Crippen LogP contribution in [0.15, 0.2) is 24.3 Å². The van der Waals surface area contributed by atoms with E-state index < -0.39 is 11.9 Å². The molecule has 0 aliphatic heterocycles. The predicted octanol–water partition coefficient (Wildman–Crippen LogP) is 2.27. The van der Waals surface area contributed by atoms with Crippen LogP contribution in [-0.4, -0.2) is 23.7 Å². The second kappa shape index (κ2) is 5.84. The number of ether oxygens (including phenoxy) is 1. The summed E-state index contributed by atoms with van der Waals surface area (Å²) in [5, 5.41) is 9.01. The van der Waals surface area contributed by atoms with Crippen molar-refractivity contribution in [1.29, 1.82) is 0 Å². The minimum atomic E-state index is -1.02. The van der Waals surface area contributed by atoms with Crippen LogP contribution in [0.2, 0.25) is 0 Å². The first kappa shape index (κ1) is 13.0. The van der Waals surface area contributed by atoms with E-state index in [1.165, 1.54) is 18.2 Å². The highest BCUT2D eigenvalue weighted by Crippen LogP contribution is 2.16. The summed E-state index contributed by atoms with van der Waals surface area (Å²) < 4.78 is 4.73. The first-order chi connectivity index (χ1) is 8.06. The van der Waals surface area contributed by atoms with E-state index in [2.05, 4.69) is 0 Å². The van der Waals surface area contributed by atoms with Crippen LogP contribution in [0.3, 0.4) is 0 Å². The number of aryl methyl sites for hydroxylation is 1. The molecule has 0 atom stereocenters. The Morgan fingerprint density at radius 2 is 2.12 bits per heavy atom. The lowest BCUT2D eigenvalue weighted by Crippen LogP contribution is -2.02. The van der Waals surface area contributed by atoms with Gasteiger partial charge in [-0.1, -0.05) is 12.1 Å². The smallest absolute Gasteiger partial charge is 0.336 e. The molecule has 0 aliphatic carbocycles. The SMILES string of the molecule is CCOC(=O)C=Cc1c(C)cccc1C(=O)O. The molecular weight excluding hydrogens is 220 g/mol. The van der Waals surface area contributed by atoms with E-state index in [4.69, 9.17) is 9.84 Å². The summed E-state index contributed by atoms with van der Waals surface area (Å²) in [5.41, 5.74) is 1.49. The number of hydrogen-bond acceptors (Lipinski definition) is 3. The van der Waals surface area contributed by atoms with E-state index in [1.54, 1.807) is 26.0 Å². The summed E-state index contributed by atoms with van der Waals surface area (Å²) in [5.74, 6) is -1.50. The van der Waals surface area contributed by atoms with Gasteiger partial charge in [-0.3, -0.25) is 0 Å². The predicted molar refractivity (Wildman–Crippen MR) is 63.8 cm³/mol. The lowest BCUT2D eigenvalue weighted by molar-refractivity contribution is -0.137. The monoisotopic (exact) mass is 234 g/mol. The average molecular weight is 234 g/mol. The van der Waals surface area contributed by atoms with Gasteiger partial charge in [0.15, 0.2) is 0 Å². The Labute approximate surface area is 99.5 Å². The molecule has 0 spiro atoms. The molecule has 4 heteroatoms. The third-order valence-electron chi connectivity index (χ3n) is 2.23. The highest BCUT2D eigenvalue weighted by Gasteiger charge is 2.09. The molecule has 0 amide bonds. The zero-order valence-electron chi connectivity index (χ0n) is 9.77. The number of carbonyl (C=O) groups is 2. The van der Waals surface area contributed by atoms with Gasteiger partial charge in [0.25, 0.3) is 0 Å². The van der Waals surface area contributed by atoms with E-state index in [0.717, 1.165) is 5.56 Å². The molecule has 0 saturated heterocycles. The largest absolute Gasteiger partial charge is 0.478 e. The highest BCUT2D eigenvalue weighted by molar-refractivity contribution is 5.95. The Bertz CT molecular complexity index is 460. The molecule has 0 radical (unpaired) electrons. The summed E-state index contributed by atoms with van der Waals surface area (Å²) in [4.78, 5) is 22.1.